The van der Waals surface area contributed by atoms with Crippen molar-refractivity contribution >= 4 is 28.9 Å². The lowest BCUT2D eigenvalue weighted by Crippen LogP contribution is -2.47. The first kappa shape index (κ1) is 23.0. The lowest BCUT2D eigenvalue weighted by molar-refractivity contribution is -0.124. The Morgan fingerprint density at radius 2 is 1.78 bits per heavy atom. The Morgan fingerprint density at radius 3 is 2.41 bits per heavy atom. The fraction of sp³-hybridized carbons (Fsp3) is 0.538. The first-order chi connectivity index (χ1) is 15.5. The number of nitrogens with zero attached hydrogens (tertiary/aromatic N) is 1. The highest BCUT2D eigenvalue weighted by Gasteiger charge is 2.38. The van der Waals surface area contributed by atoms with E-state index in [1.54, 1.807) is 4.90 Å². The minimum Gasteiger partial charge on any atom is -0.477 e. The smallest absolute Gasteiger partial charge is 0.348 e. The second-order valence-corrected chi connectivity index (χ2v) is 10.4. The van der Waals surface area contributed by atoms with Gasteiger partial charge in [-0.2, -0.15) is 0 Å². The third kappa shape index (κ3) is 4.91. The molecule has 4 rings (SSSR count). The zero-order valence-electron chi connectivity index (χ0n) is 18.7. The molecule has 1 heterocycles. The van der Waals surface area contributed by atoms with Gasteiger partial charge in [0, 0.05) is 16.8 Å². The molecular weight excluding hydrogens is 422 g/mol. The van der Waals surface area contributed by atoms with E-state index in [-0.39, 0.29) is 22.7 Å². The summed E-state index contributed by atoms with van der Waals surface area (Å²) in [6.45, 7) is 2.21. The first-order valence-corrected chi connectivity index (χ1v) is 12.7. The second kappa shape index (κ2) is 10.2. The van der Waals surface area contributed by atoms with Gasteiger partial charge in [0.05, 0.1) is 11.8 Å². The molecule has 2 aliphatic carbocycles. The van der Waals surface area contributed by atoms with E-state index >= 15 is 0 Å². The largest absolute Gasteiger partial charge is 0.477 e. The van der Waals surface area contributed by atoms with Crippen molar-refractivity contribution in [1.82, 2.24) is 0 Å². The molecule has 2 fully saturated rings. The van der Waals surface area contributed by atoms with Crippen molar-refractivity contribution in [1.29, 1.82) is 0 Å². The number of carbonyl (C=O) groups excluding carboxylic acids is 1. The minimum absolute atomic E-state index is 0.0403. The highest BCUT2D eigenvalue weighted by Crippen LogP contribution is 2.41. The maximum absolute atomic E-state index is 13.9. The van der Waals surface area contributed by atoms with Crippen LogP contribution in [0, 0.1) is 11.8 Å². The monoisotopic (exact) mass is 455 g/mol. The minimum atomic E-state index is -1.00. The quantitative estimate of drug-likeness (QED) is 0.563. The molecule has 1 amide bonds. The summed E-state index contributed by atoms with van der Waals surface area (Å²) in [6, 6.07) is 11.4. The summed E-state index contributed by atoms with van der Waals surface area (Å²) in [5.41, 5.74) is 1.45. The van der Waals surface area contributed by atoms with E-state index in [0.29, 0.717) is 18.0 Å². The number of benzene rings is 1. The number of aliphatic hydroxyl groups is 1. The summed E-state index contributed by atoms with van der Waals surface area (Å²) in [5.74, 6) is -0.349. The van der Waals surface area contributed by atoms with Crippen molar-refractivity contribution in [3.8, 4) is 10.4 Å². The third-order valence-electron chi connectivity index (χ3n) is 7.22. The third-order valence-corrected chi connectivity index (χ3v) is 8.38. The summed E-state index contributed by atoms with van der Waals surface area (Å²) >= 11 is 1.23. The van der Waals surface area contributed by atoms with Gasteiger partial charge in [-0.3, -0.25) is 4.79 Å². The Hall–Kier alpha value is -2.18. The van der Waals surface area contributed by atoms with Gasteiger partial charge in [0.2, 0.25) is 5.91 Å². The molecule has 5 nitrogen and oxygen atoms in total. The molecule has 2 atom stereocenters. The standard InChI is InChI=1S/C26H33NO4S/c1-2-17-11-13-19(14-12-17)25(29)27(20-9-6-10-21(28)15-20)22-16-23(32-24(22)26(30)31)18-7-4-3-5-8-18/h3-5,7-8,16-17,19-21,28H,2,6,9-15H2,1H3,(H,30,31). The molecule has 2 aromatic rings. The van der Waals surface area contributed by atoms with E-state index in [1.165, 1.54) is 11.3 Å². The number of aromatic carboxylic acids is 1. The van der Waals surface area contributed by atoms with Crippen LogP contribution in [0.25, 0.3) is 10.4 Å². The van der Waals surface area contributed by atoms with Crippen LogP contribution < -0.4 is 4.90 Å². The Kier molecular flexibility index (Phi) is 7.31. The zero-order valence-corrected chi connectivity index (χ0v) is 19.5. The van der Waals surface area contributed by atoms with Crippen molar-refractivity contribution in [2.75, 3.05) is 4.90 Å². The van der Waals surface area contributed by atoms with Crippen molar-refractivity contribution in [2.45, 2.75) is 76.9 Å². The normalized spacial score (nSPS) is 25.9. The average Bonchev–Trinajstić information content (AvgIpc) is 3.25. The number of carboxylic acids is 1. The van der Waals surface area contributed by atoms with Gasteiger partial charge >= 0.3 is 5.97 Å². The van der Waals surface area contributed by atoms with Gasteiger partial charge in [-0.1, -0.05) is 43.7 Å². The fourth-order valence-corrected chi connectivity index (χ4v) is 6.33. The lowest BCUT2D eigenvalue weighted by atomic mass is 9.79. The van der Waals surface area contributed by atoms with E-state index < -0.39 is 12.1 Å². The maximum atomic E-state index is 13.9. The number of anilines is 1. The molecule has 0 spiro atoms. The number of hydrogen-bond acceptors (Lipinski definition) is 4. The molecule has 0 aliphatic heterocycles. The summed E-state index contributed by atoms with van der Waals surface area (Å²) in [6.07, 6.45) is 7.42. The van der Waals surface area contributed by atoms with Crippen molar-refractivity contribution in [2.24, 2.45) is 11.8 Å². The Balaban J connectivity index is 1.72. The SMILES string of the molecule is CCC1CCC(C(=O)N(c2cc(-c3ccccc3)sc2C(=O)O)C2CCCC(O)C2)CC1. The number of carboxylic acid groups (broad SMARTS) is 1. The molecular formula is C26H33NO4S. The molecule has 1 aromatic carbocycles. The lowest BCUT2D eigenvalue weighted by Gasteiger charge is -2.39. The van der Waals surface area contributed by atoms with E-state index in [9.17, 15) is 19.8 Å². The molecule has 6 heteroatoms. The van der Waals surface area contributed by atoms with Crippen molar-refractivity contribution in [3.05, 3.63) is 41.3 Å². The van der Waals surface area contributed by atoms with Crippen LogP contribution in [0.4, 0.5) is 5.69 Å². The molecule has 2 unspecified atom stereocenters. The summed E-state index contributed by atoms with van der Waals surface area (Å²) in [4.78, 5) is 28.9. The fourth-order valence-electron chi connectivity index (χ4n) is 5.34. The average molecular weight is 456 g/mol. The number of thiophene rings is 1. The van der Waals surface area contributed by atoms with Crippen LogP contribution in [0.3, 0.4) is 0 Å². The number of amides is 1. The van der Waals surface area contributed by atoms with Gasteiger partial charge in [0.15, 0.2) is 0 Å². The van der Waals surface area contributed by atoms with Crippen LogP contribution in [0.2, 0.25) is 0 Å². The molecule has 32 heavy (non-hydrogen) atoms. The van der Waals surface area contributed by atoms with Gasteiger partial charge in [-0.25, -0.2) is 4.79 Å². The highest BCUT2D eigenvalue weighted by molar-refractivity contribution is 7.18. The van der Waals surface area contributed by atoms with Crippen LogP contribution >= 0.6 is 11.3 Å². The molecule has 0 bridgehead atoms. The number of aliphatic hydroxyl groups excluding tert-OH is 1. The van der Waals surface area contributed by atoms with E-state index in [2.05, 4.69) is 6.92 Å². The molecule has 2 saturated carbocycles. The van der Waals surface area contributed by atoms with Crippen LogP contribution in [-0.4, -0.2) is 34.2 Å². The number of hydrogen-bond donors (Lipinski definition) is 2. The van der Waals surface area contributed by atoms with Crippen molar-refractivity contribution in [3.63, 3.8) is 0 Å². The molecule has 1 aromatic heterocycles. The van der Waals surface area contributed by atoms with Crippen LogP contribution in [0.15, 0.2) is 36.4 Å². The van der Waals surface area contributed by atoms with Crippen LogP contribution in [0.1, 0.15) is 74.4 Å². The van der Waals surface area contributed by atoms with Crippen LogP contribution in [-0.2, 0) is 4.79 Å². The summed E-state index contributed by atoms with van der Waals surface area (Å²) < 4.78 is 0. The van der Waals surface area contributed by atoms with E-state index in [4.69, 9.17) is 0 Å². The van der Waals surface area contributed by atoms with Gasteiger partial charge in [0.25, 0.3) is 0 Å². The maximum Gasteiger partial charge on any atom is 0.348 e. The molecule has 2 N–H and O–H groups in total. The molecule has 172 valence electrons. The molecule has 0 saturated heterocycles. The van der Waals surface area contributed by atoms with Gasteiger partial charge < -0.3 is 15.1 Å². The Bertz CT molecular complexity index is 933. The predicted octanol–water partition coefficient (Wildman–Crippen LogP) is 5.97. The predicted molar refractivity (Wildman–Crippen MR) is 128 cm³/mol. The Labute approximate surface area is 194 Å². The topological polar surface area (TPSA) is 77.8 Å². The number of rotatable bonds is 6. The summed E-state index contributed by atoms with van der Waals surface area (Å²) in [5, 5.41) is 20.4. The van der Waals surface area contributed by atoms with Gasteiger partial charge in [-0.15, -0.1) is 11.3 Å². The van der Waals surface area contributed by atoms with E-state index in [1.807, 2.05) is 36.4 Å². The van der Waals surface area contributed by atoms with Crippen molar-refractivity contribution < 1.29 is 19.8 Å². The first-order valence-electron chi connectivity index (χ1n) is 11.9. The second-order valence-electron chi connectivity index (χ2n) is 9.30. The zero-order chi connectivity index (χ0) is 22.7. The molecule has 0 radical (unpaired) electrons. The van der Waals surface area contributed by atoms with Gasteiger partial charge in [0.1, 0.15) is 4.88 Å². The highest BCUT2D eigenvalue weighted by atomic mass is 32.1. The van der Waals surface area contributed by atoms with Gasteiger partial charge in [-0.05, 0) is 68.9 Å². The van der Waals surface area contributed by atoms with Crippen LogP contribution in [0.5, 0.6) is 0 Å². The van der Waals surface area contributed by atoms with E-state index in [0.717, 1.165) is 61.8 Å². The molecule has 2 aliphatic rings. The number of carbonyl (C=O) groups is 2. The summed E-state index contributed by atoms with van der Waals surface area (Å²) in [7, 11) is 0. The Morgan fingerprint density at radius 1 is 1.06 bits per heavy atom.